The van der Waals surface area contributed by atoms with Crippen LogP contribution in [-0.2, 0) is 17.7 Å². The number of methoxy groups -OCH3 is 1. The third-order valence-electron chi connectivity index (χ3n) is 4.83. The third-order valence-corrected chi connectivity index (χ3v) is 5.83. The molecule has 0 radical (unpaired) electrons. The van der Waals surface area contributed by atoms with E-state index in [0.717, 1.165) is 10.6 Å². The van der Waals surface area contributed by atoms with Crippen LogP contribution in [0.3, 0.4) is 0 Å². The Hall–Kier alpha value is -3.52. The molecule has 0 spiro atoms. The predicted octanol–water partition coefficient (Wildman–Crippen LogP) is 3.75. The number of carbonyl (C=O) groups excluding carboxylic acids is 3. The van der Waals surface area contributed by atoms with Crippen LogP contribution in [0.5, 0.6) is 0 Å². The highest BCUT2D eigenvalue weighted by Crippen LogP contribution is 2.29. The molecular weight excluding hydrogens is 402 g/mol. The highest BCUT2D eigenvalue weighted by atomic mass is 32.1. The van der Waals surface area contributed by atoms with Gasteiger partial charge in [-0.05, 0) is 12.1 Å². The Morgan fingerprint density at radius 1 is 1.00 bits per heavy atom. The number of rotatable bonds is 4. The van der Waals surface area contributed by atoms with Crippen molar-refractivity contribution in [1.29, 1.82) is 0 Å². The summed E-state index contributed by atoms with van der Waals surface area (Å²) in [6, 6.07) is 15.5. The molecule has 4 rings (SSSR count). The van der Waals surface area contributed by atoms with E-state index in [2.05, 4.69) is 10.3 Å². The van der Waals surface area contributed by atoms with E-state index < -0.39 is 0 Å². The van der Waals surface area contributed by atoms with Crippen molar-refractivity contribution >= 4 is 34.3 Å². The van der Waals surface area contributed by atoms with E-state index in [1.165, 1.54) is 18.4 Å². The van der Waals surface area contributed by atoms with Gasteiger partial charge >= 0.3 is 6.09 Å². The number of ketones is 1. The molecule has 2 amide bonds. The molecule has 8 heteroatoms. The zero-order valence-corrected chi connectivity index (χ0v) is 17.1. The summed E-state index contributed by atoms with van der Waals surface area (Å²) < 4.78 is 4.77. The average Bonchev–Trinajstić information content (AvgIpc) is 3.20. The smallest absolute Gasteiger partial charge is 0.409 e. The molecule has 1 aliphatic rings. The number of nitrogens with one attached hydrogen (secondary N) is 1. The molecule has 1 N–H and O–H groups in total. The van der Waals surface area contributed by atoms with Crippen LogP contribution in [0, 0.1) is 0 Å². The first-order chi connectivity index (χ1) is 14.5. The molecule has 0 atom stereocenters. The van der Waals surface area contributed by atoms with Crippen molar-refractivity contribution in [3.05, 3.63) is 81.9 Å². The van der Waals surface area contributed by atoms with Gasteiger partial charge in [0.25, 0.3) is 5.91 Å². The SMILES string of the molecule is COC(=O)N1CCc2nc(NC(=O)c3ccc(C(=O)c4ccccc4)cc3)sc2C1. The van der Waals surface area contributed by atoms with E-state index in [4.69, 9.17) is 4.74 Å². The first-order valence-electron chi connectivity index (χ1n) is 9.38. The van der Waals surface area contributed by atoms with Gasteiger partial charge in [-0.15, -0.1) is 0 Å². The molecule has 0 saturated carbocycles. The van der Waals surface area contributed by atoms with E-state index >= 15 is 0 Å². The minimum Gasteiger partial charge on any atom is -0.453 e. The number of aromatic nitrogens is 1. The number of fused-ring (bicyclic) bond motifs is 1. The van der Waals surface area contributed by atoms with Gasteiger partial charge in [0.2, 0.25) is 0 Å². The zero-order chi connectivity index (χ0) is 21.1. The van der Waals surface area contributed by atoms with E-state index in [1.807, 2.05) is 18.2 Å². The topological polar surface area (TPSA) is 88.6 Å². The minimum atomic E-state index is -0.371. The number of ether oxygens (including phenoxy) is 1. The molecule has 0 aliphatic carbocycles. The number of benzene rings is 2. The van der Waals surface area contributed by atoms with Gasteiger partial charge in [0, 0.05) is 34.5 Å². The highest BCUT2D eigenvalue weighted by Gasteiger charge is 2.25. The molecule has 0 fully saturated rings. The summed E-state index contributed by atoms with van der Waals surface area (Å²) in [7, 11) is 1.36. The van der Waals surface area contributed by atoms with Gasteiger partial charge < -0.3 is 9.64 Å². The largest absolute Gasteiger partial charge is 0.453 e. The summed E-state index contributed by atoms with van der Waals surface area (Å²) >= 11 is 1.35. The number of amides is 2. The molecule has 0 saturated heterocycles. The molecule has 2 heterocycles. The Balaban J connectivity index is 1.43. The summed E-state index contributed by atoms with van der Waals surface area (Å²) in [5.74, 6) is -0.394. The minimum absolute atomic E-state index is 0.0923. The maximum Gasteiger partial charge on any atom is 0.409 e. The van der Waals surface area contributed by atoms with Crippen molar-refractivity contribution in [1.82, 2.24) is 9.88 Å². The predicted molar refractivity (Wildman–Crippen MR) is 113 cm³/mol. The Labute approximate surface area is 177 Å². The standard InChI is InChI=1S/C22H19N3O4S/c1-29-22(28)25-12-11-17-18(13-25)30-21(23-17)24-20(27)16-9-7-15(8-10-16)19(26)14-5-3-2-4-6-14/h2-10H,11-13H2,1H3,(H,23,24,27). The lowest BCUT2D eigenvalue weighted by Crippen LogP contribution is -2.35. The molecule has 1 aliphatic heterocycles. The lowest BCUT2D eigenvalue weighted by atomic mass is 10.0. The number of thiazole rings is 1. The molecule has 30 heavy (non-hydrogen) atoms. The van der Waals surface area contributed by atoms with Crippen LogP contribution in [0.1, 0.15) is 36.9 Å². The molecule has 7 nitrogen and oxygen atoms in total. The lowest BCUT2D eigenvalue weighted by Gasteiger charge is -2.24. The monoisotopic (exact) mass is 421 g/mol. The van der Waals surface area contributed by atoms with Crippen LogP contribution in [-0.4, -0.2) is 41.3 Å². The summed E-state index contributed by atoms with van der Waals surface area (Å²) in [6.07, 6.45) is 0.248. The maximum absolute atomic E-state index is 12.6. The number of carbonyl (C=O) groups is 3. The van der Waals surface area contributed by atoms with Gasteiger partial charge in [-0.25, -0.2) is 9.78 Å². The Kier molecular flexibility index (Phi) is 5.58. The molecular formula is C22H19N3O4S. The zero-order valence-electron chi connectivity index (χ0n) is 16.3. The molecule has 0 bridgehead atoms. The maximum atomic E-state index is 12.6. The van der Waals surface area contributed by atoms with Crippen LogP contribution in [0.15, 0.2) is 54.6 Å². The van der Waals surface area contributed by atoms with Gasteiger partial charge in [-0.3, -0.25) is 14.9 Å². The van der Waals surface area contributed by atoms with Gasteiger partial charge in [0.1, 0.15) is 0 Å². The van der Waals surface area contributed by atoms with E-state index in [9.17, 15) is 14.4 Å². The molecule has 152 valence electrons. The van der Waals surface area contributed by atoms with Crippen molar-refractivity contribution in [2.24, 2.45) is 0 Å². The van der Waals surface area contributed by atoms with Crippen molar-refractivity contribution in [2.45, 2.75) is 13.0 Å². The first-order valence-corrected chi connectivity index (χ1v) is 10.2. The van der Waals surface area contributed by atoms with Crippen molar-refractivity contribution in [2.75, 3.05) is 19.0 Å². The van der Waals surface area contributed by atoms with Crippen molar-refractivity contribution in [3.63, 3.8) is 0 Å². The highest BCUT2D eigenvalue weighted by molar-refractivity contribution is 7.15. The normalized spacial score (nSPS) is 12.8. The van der Waals surface area contributed by atoms with Crippen LogP contribution in [0.2, 0.25) is 0 Å². The average molecular weight is 421 g/mol. The fourth-order valence-electron chi connectivity index (χ4n) is 3.23. The third kappa shape index (κ3) is 4.08. The lowest BCUT2D eigenvalue weighted by molar-refractivity contribution is 0.102. The fourth-order valence-corrected chi connectivity index (χ4v) is 4.25. The Bertz CT molecular complexity index is 1090. The van der Waals surface area contributed by atoms with Crippen LogP contribution in [0.25, 0.3) is 0 Å². The summed E-state index contributed by atoms with van der Waals surface area (Å²) in [5.41, 5.74) is 2.44. The van der Waals surface area contributed by atoms with Gasteiger partial charge in [0.15, 0.2) is 10.9 Å². The van der Waals surface area contributed by atoms with Crippen LogP contribution >= 0.6 is 11.3 Å². The summed E-state index contributed by atoms with van der Waals surface area (Å²) in [4.78, 5) is 43.8. The van der Waals surface area contributed by atoms with E-state index in [-0.39, 0.29) is 17.8 Å². The van der Waals surface area contributed by atoms with Crippen molar-refractivity contribution < 1.29 is 19.1 Å². The van der Waals surface area contributed by atoms with Crippen LogP contribution < -0.4 is 5.32 Å². The summed E-state index contributed by atoms with van der Waals surface area (Å²) in [5, 5.41) is 3.29. The van der Waals surface area contributed by atoms with E-state index in [0.29, 0.717) is 41.3 Å². The number of hydrogen-bond donors (Lipinski definition) is 1. The van der Waals surface area contributed by atoms with E-state index in [1.54, 1.807) is 41.3 Å². The fraction of sp³-hybridized carbons (Fsp3) is 0.182. The van der Waals surface area contributed by atoms with Crippen molar-refractivity contribution in [3.8, 4) is 0 Å². The second kappa shape index (κ2) is 8.46. The van der Waals surface area contributed by atoms with Gasteiger partial charge in [-0.2, -0.15) is 0 Å². The molecule has 3 aromatic rings. The van der Waals surface area contributed by atoms with Crippen LogP contribution in [0.4, 0.5) is 9.93 Å². The van der Waals surface area contributed by atoms with Gasteiger partial charge in [-0.1, -0.05) is 53.8 Å². The number of anilines is 1. The molecule has 2 aromatic carbocycles. The second-order valence-electron chi connectivity index (χ2n) is 6.76. The Morgan fingerprint density at radius 3 is 2.37 bits per heavy atom. The Morgan fingerprint density at radius 2 is 1.67 bits per heavy atom. The second-order valence-corrected chi connectivity index (χ2v) is 7.84. The number of hydrogen-bond acceptors (Lipinski definition) is 6. The van der Waals surface area contributed by atoms with Gasteiger partial charge in [0.05, 0.1) is 19.3 Å². The quantitative estimate of drug-likeness (QED) is 0.648. The first kappa shape index (κ1) is 19.8. The molecule has 0 unspecified atom stereocenters. The molecule has 1 aromatic heterocycles. The number of nitrogens with zero attached hydrogens (tertiary/aromatic N) is 2. The summed E-state index contributed by atoms with van der Waals surface area (Å²) in [6.45, 7) is 0.958.